The van der Waals surface area contributed by atoms with Crippen molar-refractivity contribution in [1.82, 2.24) is 15.5 Å². The Kier molecular flexibility index (Phi) is 5.72. The molecule has 2 rings (SSSR count). The Labute approximate surface area is 130 Å². The number of halogens is 3. The number of aromatic nitrogens is 2. The summed E-state index contributed by atoms with van der Waals surface area (Å²) in [6, 6.07) is 9.78. The molecule has 0 radical (unpaired) electrons. The fraction of sp³-hybridized carbons (Fsp3) is 0.400. The normalized spacial score (nSPS) is 11.4. The second-order valence-corrected chi connectivity index (χ2v) is 4.97. The maximum absolute atomic E-state index is 12.0. The lowest BCUT2D eigenvalue weighted by molar-refractivity contribution is -0.138. The topological polar surface area (TPSA) is 68.0 Å². The number of carbonyl (C=O) groups is 1. The van der Waals surface area contributed by atoms with Gasteiger partial charge in [0.15, 0.2) is 0 Å². The van der Waals surface area contributed by atoms with E-state index in [0.29, 0.717) is 12.3 Å². The Balaban J connectivity index is 1.73. The fourth-order valence-electron chi connectivity index (χ4n) is 1.89. The van der Waals surface area contributed by atoms with Crippen molar-refractivity contribution in [3.8, 4) is 0 Å². The summed E-state index contributed by atoms with van der Waals surface area (Å²) in [6.07, 6.45) is -3.12. The molecule has 1 aromatic carbocycles. The first-order valence-electron chi connectivity index (χ1n) is 7.11. The number of hydrogen-bond acceptors (Lipinski definition) is 4. The molecule has 8 heteroatoms. The Hall–Kier alpha value is -2.38. The monoisotopic (exact) mass is 327 g/mol. The van der Waals surface area contributed by atoms with E-state index in [1.807, 2.05) is 30.3 Å². The first-order chi connectivity index (χ1) is 10.9. The summed E-state index contributed by atoms with van der Waals surface area (Å²) in [4.78, 5) is 11.3. The lowest BCUT2D eigenvalue weighted by Gasteiger charge is -2.07. The summed E-state index contributed by atoms with van der Waals surface area (Å²) in [5, 5.41) is 9.45. The van der Waals surface area contributed by atoms with E-state index in [4.69, 9.17) is 4.42 Å². The highest BCUT2D eigenvalue weighted by atomic mass is 19.4. The third-order valence-corrected chi connectivity index (χ3v) is 3.03. The molecule has 5 nitrogen and oxygen atoms in total. The van der Waals surface area contributed by atoms with Crippen LogP contribution in [0.2, 0.25) is 0 Å². The van der Waals surface area contributed by atoms with Crippen LogP contribution in [0.15, 0.2) is 34.7 Å². The molecule has 1 amide bonds. The summed E-state index contributed by atoms with van der Waals surface area (Å²) in [5.74, 6) is -0.0128. The molecule has 0 atom stereocenters. The standard InChI is InChI=1S/C15H16F3N3O2/c16-15(17,18)10-19-12(22)7-9-14-21-20-13(23-14)8-6-11-4-2-1-3-5-11/h1-5H,6-10H2,(H,19,22). The Morgan fingerprint density at radius 2 is 1.70 bits per heavy atom. The molecular weight excluding hydrogens is 311 g/mol. The second-order valence-electron chi connectivity index (χ2n) is 4.97. The molecule has 2 aromatic rings. The van der Waals surface area contributed by atoms with Gasteiger partial charge in [-0.2, -0.15) is 13.2 Å². The Morgan fingerprint density at radius 3 is 2.35 bits per heavy atom. The van der Waals surface area contributed by atoms with Crippen molar-refractivity contribution < 1.29 is 22.4 Å². The van der Waals surface area contributed by atoms with Crippen molar-refractivity contribution >= 4 is 5.91 Å². The van der Waals surface area contributed by atoms with E-state index in [9.17, 15) is 18.0 Å². The zero-order chi connectivity index (χ0) is 16.7. The maximum Gasteiger partial charge on any atom is 0.405 e. The molecule has 1 N–H and O–H groups in total. The third-order valence-electron chi connectivity index (χ3n) is 3.03. The van der Waals surface area contributed by atoms with Gasteiger partial charge in [0.2, 0.25) is 17.7 Å². The molecule has 0 unspecified atom stereocenters. The van der Waals surface area contributed by atoms with Gasteiger partial charge in [-0.15, -0.1) is 10.2 Å². The van der Waals surface area contributed by atoms with E-state index >= 15 is 0 Å². The average molecular weight is 327 g/mol. The largest absolute Gasteiger partial charge is 0.425 e. The highest BCUT2D eigenvalue weighted by molar-refractivity contribution is 5.76. The van der Waals surface area contributed by atoms with Crippen molar-refractivity contribution in [2.45, 2.75) is 31.9 Å². The van der Waals surface area contributed by atoms with Gasteiger partial charge in [-0.1, -0.05) is 30.3 Å². The van der Waals surface area contributed by atoms with Gasteiger partial charge in [-0.3, -0.25) is 4.79 Å². The molecule has 0 aliphatic heterocycles. The van der Waals surface area contributed by atoms with Gasteiger partial charge in [0, 0.05) is 19.3 Å². The quantitative estimate of drug-likeness (QED) is 0.848. The van der Waals surface area contributed by atoms with Crippen LogP contribution >= 0.6 is 0 Å². The molecule has 0 saturated carbocycles. The molecule has 0 aliphatic rings. The lowest BCUT2D eigenvalue weighted by Crippen LogP contribution is -2.33. The van der Waals surface area contributed by atoms with Crippen LogP contribution in [0.3, 0.4) is 0 Å². The first kappa shape index (κ1) is 17.0. The van der Waals surface area contributed by atoms with Crippen molar-refractivity contribution in [1.29, 1.82) is 0 Å². The van der Waals surface area contributed by atoms with Crippen molar-refractivity contribution in [2.75, 3.05) is 6.54 Å². The van der Waals surface area contributed by atoms with E-state index in [1.54, 1.807) is 5.32 Å². The number of aryl methyl sites for hydroxylation is 3. The van der Waals surface area contributed by atoms with Gasteiger partial charge in [0.25, 0.3) is 0 Å². The van der Waals surface area contributed by atoms with Crippen molar-refractivity contribution in [2.24, 2.45) is 0 Å². The molecule has 0 saturated heterocycles. The van der Waals surface area contributed by atoms with Crippen LogP contribution < -0.4 is 5.32 Å². The fourth-order valence-corrected chi connectivity index (χ4v) is 1.89. The smallest absolute Gasteiger partial charge is 0.405 e. The minimum absolute atomic E-state index is 0.113. The maximum atomic E-state index is 12.0. The molecule has 23 heavy (non-hydrogen) atoms. The third kappa shape index (κ3) is 6.50. The number of nitrogens with zero attached hydrogens (tertiary/aromatic N) is 2. The predicted octanol–water partition coefficient (Wildman–Crippen LogP) is 2.47. The lowest BCUT2D eigenvalue weighted by atomic mass is 10.1. The SMILES string of the molecule is O=C(CCc1nnc(CCc2ccccc2)o1)NCC(F)(F)F. The molecule has 0 bridgehead atoms. The summed E-state index contributed by atoms with van der Waals surface area (Å²) in [5.41, 5.74) is 1.14. The average Bonchev–Trinajstić information content (AvgIpc) is 2.97. The van der Waals surface area contributed by atoms with Crippen LogP contribution in [0.25, 0.3) is 0 Å². The van der Waals surface area contributed by atoms with Crippen LogP contribution in [0.1, 0.15) is 23.8 Å². The number of nitrogens with one attached hydrogen (secondary N) is 1. The van der Waals surface area contributed by atoms with Crippen LogP contribution in [-0.2, 0) is 24.1 Å². The molecule has 0 aliphatic carbocycles. The Bertz CT molecular complexity index is 626. The van der Waals surface area contributed by atoms with E-state index in [-0.39, 0.29) is 18.7 Å². The van der Waals surface area contributed by atoms with E-state index in [1.165, 1.54) is 0 Å². The minimum atomic E-state index is -4.41. The first-order valence-corrected chi connectivity index (χ1v) is 7.11. The molecule has 0 spiro atoms. The highest BCUT2D eigenvalue weighted by Crippen LogP contribution is 2.12. The highest BCUT2D eigenvalue weighted by Gasteiger charge is 2.27. The summed E-state index contributed by atoms with van der Waals surface area (Å²) in [7, 11) is 0. The van der Waals surface area contributed by atoms with Crippen LogP contribution in [0.4, 0.5) is 13.2 Å². The number of benzene rings is 1. The molecular formula is C15H16F3N3O2. The molecule has 1 heterocycles. The predicted molar refractivity (Wildman–Crippen MR) is 75.5 cm³/mol. The van der Waals surface area contributed by atoms with Gasteiger partial charge in [0.1, 0.15) is 6.54 Å². The van der Waals surface area contributed by atoms with Crippen molar-refractivity contribution in [3.05, 3.63) is 47.7 Å². The van der Waals surface area contributed by atoms with Gasteiger partial charge in [-0.25, -0.2) is 0 Å². The van der Waals surface area contributed by atoms with E-state index < -0.39 is 18.6 Å². The number of rotatable bonds is 7. The molecule has 124 valence electrons. The van der Waals surface area contributed by atoms with Gasteiger partial charge >= 0.3 is 6.18 Å². The van der Waals surface area contributed by atoms with E-state index in [0.717, 1.165) is 12.0 Å². The molecule has 1 aromatic heterocycles. The summed E-state index contributed by atoms with van der Waals surface area (Å²) < 4.78 is 41.2. The van der Waals surface area contributed by atoms with Gasteiger partial charge in [-0.05, 0) is 12.0 Å². The van der Waals surface area contributed by atoms with E-state index in [2.05, 4.69) is 10.2 Å². The van der Waals surface area contributed by atoms with Gasteiger partial charge in [0.05, 0.1) is 0 Å². The van der Waals surface area contributed by atoms with Crippen LogP contribution in [0, 0.1) is 0 Å². The number of hydrogen-bond donors (Lipinski definition) is 1. The van der Waals surface area contributed by atoms with Gasteiger partial charge < -0.3 is 9.73 Å². The molecule has 0 fully saturated rings. The zero-order valence-corrected chi connectivity index (χ0v) is 12.3. The van der Waals surface area contributed by atoms with Crippen LogP contribution in [-0.4, -0.2) is 28.8 Å². The van der Waals surface area contributed by atoms with Crippen LogP contribution in [0.5, 0.6) is 0 Å². The Morgan fingerprint density at radius 1 is 1.04 bits per heavy atom. The zero-order valence-electron chi connectivity index (χ0n) is 12.3. The second kappa shape index (κ2) is 7.75. The minimum Gasteiger partial charge on any atom is -0.425 e. The number of alkyl halides is 3. The number of carbonyl (C=O) groups excluding carboxylic acids is 1. The van der Waals surface area contributed by atoms with Crippen molar-refractivity contribution in [3.63, 3.8) is 0 Å². The number of amides is 1. The summed E-state index contributed by atoms with van der Waals surface area (Å²) >= 11 is 0. The summed E-state index contributed by atoms with van der Waals surface area (Å²) in [6.45, 7) is -1.34.